The fourth-order valence-electron chi connectivity index (χ4n) is 9.10. The first-order chi connectivity index (χ1) is 16.1. The summed E-state index contributed by atoms with van der Waals surface area (Å²) >= 11 is 0. The lowest BCUT2D eigenvalue weighted by molar-refractivity contribution is -0.101. The van der Waals surface area contributed by atoms with Gasteiger partial charge < -0.3 is 10.4 Å². The van der Waals surface area contributed by atoms with Crippen LogP contribution in [-0.2, 0) is 0 Å². The summed E-state index contributed by atoms with van der Waals surface area (Å²) in [6, 6.07) is 5.95. The van der Waals surface area contributed by atoms with Crippen LogP contribution in [0.25, 0.3) is 0 Å². The molecule has 0 heterocycles. The number of aliphatic hydroxyl groups is 1. The Kier molecular flexibility index (Phi) is 6.04. The van der Waals surface area contributed by atoms with Crippen molar-refractivity contribution in [2.45, 2.75) is 90.2 Å². The standard InChI is InChI=1S/C29H39FN2O2/c1-17(32-27(33)23-6-4-18(16-31)14-26(23)30)24-8-9-25-22-7-5-19-15-28(2,34)12-10-20(19)21(22)11-13-29(24,25)3/h4,6,14,17,19-22,24-25,34H,5,7-13,15H2,1-3H3,(H,32,33)/t17-,19-,20+,21-,22-,24?,25+,28-,29-/m1/s1. The topological polar surface area (TPSA) is 73.1 Å². The van der Waals surface area contributed by atoms with Gasteiger partial charge in [0, 0.05) is 6.04 Å². The van der Waals surface area contributed by atoms with Crippen LogP contribution in [0.1, 0.15) is 94.5 Å². The third-order valence-electron chi connectivity index (χ3n) is 10.6. The molecule has 4 nitrogen and oxygen atoms in total. The highest BCUT2D eigenvalue weighted by Crippen LogP contribution is 2.65. The molecule has 0 aliphatic heterocycles. The molecule has 0 saturated heterocycles. The van der Waals surface area contributed by atoms with E-state index in [0.717, 1.165) is 43.1 Å². The summed E-state index contributed by atoms with van der Waals surface area (Å²) < 4.78 is 14.4. The van der Waals surface area contributed by atoms with Gasteiger partial charge in [0.1, 0.15) is 5.82 Å². The number of fused-ring (bicyclic) bond motifs is 5. The minimum Gasteiger partial charge on any atom is -0.390 e. The monoisotopic (exact) mass is 466 g/mol. The van der Waals surface area contributed by atoms with E-state index >= 15 is 0 Å². The largest absolute Gasteiger partial charge is 0.390 e. The molecule has 0 radical (unpaired) electrons. The molecule has 0 bridgehead atoms. The maximum Gasteiger partial charge on any atom is 0.254 e. The molecule has 1 unspecified atom stereocenters. The number of amides is 1. The third kappa shape index (κ3) is 3.96. The number of rotatable bonds is 3. The van der Waals surface area contributed by atoms with Gasteiger partial charge in [-0.1, -0.05) is 6.92 Å². The minimum atomic E-state index is -0.636. The second-order valence-electron chi connectivity index (χ2n) is 12.5. The lowest BCUT2D eigenvalue weighted by atomic mass is 9.49. The molecule has 4 aliphatic carbocycles. The lowest BCUT2D eigenvalue weighted by Crippen LogP contribution is -2.52. The molecular formula is C29H39FN2O2. The maximum atomic E-state index is 14.4. The van der Waals surface area contributed by atoms with Crippen molar-refractivity contribution in [3.8, 4) is 6.07 Å². The molecule has 4 fully saturated rings. The summed E-state index contributed by atoms with van der Waals surface area (Å²) in [4.78, 5) is 12.9. The number of hydrogen-bond acceptors (Lipinski definition) is 3. The predicted octanol–water partition coefficient (Wildman–Crippen LogP) is 5.84. The molecule has 2 N–H and O–H groups in total. The van der Waals surface area contributed by atoms with E-state index in [-0.39, 0.29) is 28.5 Å². The van der Waals surface area contributed by atoms with Gasteiger partial charge in [-0.2, -0.15) is 5.26 Å². The summed E-state index contributed by atoms with van der Waals surface area (Å²) in [7, 11) is 0. The van der Waals surface area contributed by atoms with Gasteiger partial charge in [0.25, 0.3) is 5.91 Å². The van der Waals surface area contributed by atoms with Crippen LogP contribution in [0.3, 0.4) is 0 Å². The zero-order valence-corrected chi connectivity index (χ0v) is 20.8. The van der Waals surface area contributed by atoms with Crippen LogP contribution in [0.2, 0.25) is 0 Å². The molecule has 184 valence electrons. The van der Waals surface area contributed by atoms with E-state index in [1.54, 1.807) is 0 Å². The van der Waals surface area contributed by atoms with Crippen molar-refractivity contribution in [2.75, 3.05) is 0 Å². The number of carbonyl (C=O) groups is 1. The zero-order valence-electron chi connectivity index (χ0n) is 20.8. The summed E-state index contributed by atoms with van der Waals surface area (Å²) in [6.45, 7) is 6.56. The molecule has 34 heavy (non-hydrogen) atoms. The molecule has 0 spiro atoms. The summed E-state index contributed by atoms with van der Waals surface area (Å²) in [6.07, 6.45) is 10.4. The second kappa shape index (κ2) is 8.63. The quantitative estimate of drug-likeness (QED) is 0.588. The average Bonchev–Trinajstić information content (AvgIpc) is 3.15. The van der Waals surface area contributed by atoms with Crippen molar-refractivity contribution in [3.63, 3.8) is 0 Å². The SMILES string of the molecule is C[C@@H](NC(=O)c1ccc(C#N)cc1F)C1CC[C@H]2[C@@H]3CC[C@@H]4C[C@](C)(O)CC[C@@H]4[C@H]3CC[C@]12C. The molecule has 1 aromatic carbocycles. The summed E-state index contributed by atoms with van der Waals surface area (Å²) in [5.41, 5.74) is -0.0241. The Labute approximate surface area is 203 Å². The molecule has 4 aliphatic rings. The number of hydrogen-bond donors (Lipinski definition) is 2. The van der Waals surface area contributed by atoms with Gasteiger partial charge in [-0.3, -0.25) is 4.79 Å². The fraction of sp³-hybridized carbons (Fsp3) is 0.724. The van der Waals surface area contributed by atoms with Crippen LogP contribution in [0.5, 0.6) is 0 Å². The Bertz CT molecular complexity index is 1000. The number of nitriles is 1. The third-order valence-corrected chi connectivity index (χ3v) is 10.6. The van der Waals surface area contributed by atoms with Crippen LogP contribution in [0.15, 0.2) is 18.2 Å². The number of carbonyl (C=O) groups excluding carboxylic acids is 1. The van der Waals surface area contributed by atoms with Crippen LogP contribution in [-0.4, -0.2) is 22.7 Å². The molecule has 4 saturated carbocycles. The fourth-order valence-corrected chi connectivity index (χ4v) is 9.10. The molecule has 5 rings (SSSR count). The van der Waals surface area contributed by atoms with Crippen molar-refractivity contribution >= 4 is 5.91 Å². The van der Waals surface area contributed by atoms with Gasteiger partial charge in [0.2, 0.25) is 0 Å². The Morgan fingerprint density at radius 3 is 2.62 bits per heavy atom. The predicted molar refractivity (Wildman–Crippen MR) is 129 cm³/mol. The van der Waals surface area contributed by atoms with E-state index in [0.29, 0.717) is 17.8 Å². The summed E-state index contributed by atoms with van der Waals surface area (Å²) in [5, 5.41) is 22.7. The van der Waals surface area contributed by atoms with Gasteiger partial charge in [-0.25, -0.2) is 4.39 Å². The lowest BCUT2D eigenvalue weighted by Gasteiger charge is -2.57. The van der Waals surface area contributed by atoms with E-state index in [9.17, 15) is 14.3 Å². The second-order valence-corrected chi connectivity index (χ2v) is 12.5. The van der Waals surface area contributed by atoms with Gasteiger partial charge in [-0.15, -0.1) is 0 Å². The molecule has 1 aromatic rings. The Balaban J connectivity index is 1.28. The molecule has 1 amide bonds. The molecular weight excluding hydrogens is 427 g/mol. The highest BCUT2D eigenvalue weighted by atomic mass is 19.1. The number of halogens is 1. The smallest absolute Gasteiger partial charge is 0.254 e. The average molecular weight is 467 g/mol. The van der Waals surface area contributed by atoms with Crippen molar-refractivity contribution in [1.82, 2.24) is 5.32 Å². The number of nitrogens with one attached hydrogen (secondary N) is 1. The van der Waals surface area contributed by atoms with Crippen molar-refractivity contribution in [1.29, 1.82) is 5.26 Å². The van der Waals surface area contributed by atoms with Crippen LogP contribution >= 0.6 is 0 Å². The summed E-state index contributed by atoms with van der Waals surface area (Å²) in [5.74, 6) is 3.11. The normalized spacial score (nSPS) is 42.0. The van der Waals surface area contributed by atoms with E-state index in [4.69, 9.17) is 5.26 Å². The maximum absolute atomic E-state index is 14.4. The van der Waals surface area contributed by atoms with Gasteiger partial charge in [0.05, 0.1) is 22.8 Å². The van der Waals surface area contributed by atoms with Crippen molar-refractivity contribution in [3.05, 3.63) is 35.1 Å². The van der Waals surface area contributed by atoms with Gasteiger partial charge in [-0.05, 0) is 131 Å². The van der Waals surface area contributed by atoms with Crippen LogP contribution in [0.4, 0.5) is 4.39 Å². The van der Waals surface area contributed by atoms with Crippen molar-refractivity contribution < 1.29 is 14.3 Å². The van der Waals surface area contributed by atoms with Crippen LogP contribution < -0.4 is 5.32 Å². The van der Waals surface area contributed by atoms with E-state index in [2.05, 4.69) is 19.2 Å². The van der Waals surface area contributed by atoms with E-state index < -0.39 is 11.4 Å². The first kappa shape index (κ1) is 23.8. The van der Waals surface area contributed by atoms with E-state index in [1.807, 2.05) is 13.0 Å². The number of nitrogens with zero attached hydrogens (tertiary/aromatic N) is 1. The zero-order chi connectivity index (χ0) is 24.3. The highest BCUT2D eigenvalue weighted by molar-refractivity contribution is 5.94. The minimum absolute atomic E-state index is 0.0146. The first-order valence-electron chi connectivity index (χ1n) is 13.4. The van der Waals surface area contributed by atoms with E-state index in [1.165, 1.54) is 50.7 Å². The number of benzene rings is 1. The first-order valence-corrected chi connectivity index (χ1v) is 13.4. The van der Waals surface area contributed by atoms with Gasteiger partial charge >= 0.3 is 0 Å². The highest BCUT2D eigenvalue weighted by Gasteiger charge is 2.58. The molecule has 9 atom stereocenters. The molecule has 0 aromatic heterocycles. The van der Waals surface area contributed by atoms with Crippen molar-refractivity contribution in [2.24, 2.45) is 40.9 Å². The Morgan fingerprint density at radius 2 is 1.88 bits per heavy atom. The van der Waals surface area contributed by atoms with Gasteiger partial charge in [0.15, 0.2) is 0 Å². The Hall–Kier alpha value is -1.93. The molecule has 5 heteroatoms. The Morgan fingerprint density at radius 1 is 1.12 bits per heavy atom. The van der Waals surface area contributed by atoms with Crippen LogP contribution in [0, 0.1) is 58.1 Å².